The van der Waals surface area contributed by atoms with Gasteiger partial charge in [-0.15, -0.1) is 0 Å². The first-order valence-corrected chi connectivity index (χ1v) is 6.95. The van der Waals surface area contributed by atoms with Crippen LogP contribution < -0.4 is 5.63 Å². The van der Waals surface area contributed by atoms with Crippen LogP contribution in [0.1, 0.15) is 5.56 Å². The number of fused-ring (bicyclic) bond motifs is 1. The molecule has 0 aliphatic rings. The Morgan fingerprint density at radius 3 is 2.65 bits per heavy atom. The molecule has 3 aromatic rings. The molecule has 0 saturated carbocycles. The van der Waals surface area contributed by atoms with Crippen LogP contribution in [-0.4, -0.2) is 5.11 Å². The second-order valence-electron chi connectivity index (χ2n) is 4.48. The highest BCUT2D eigenvalue weighted by atomic mass is 32.2. The van der Waals surface area contributed by atoms with Crippen molar-refractivity contribution in [2.24, 2.45) is 0 Å². The predicted octanol–water partition coefficient (Wildman–Crippen LogP) is 3.96. The van der Waals surface area contributed by atoms with Crippen molar-refractivity contribution >= 4 is 22.7 Å². The molecule has 2 aromatic carbocycles. The van der Waals surface area contributed by atoms with Crippen LogP contribution in [0, 0.1) is 6.92 Å². The Morgan fingerprint density at radius 2 is 1.85 bits per heavy atom. The van der Waals surface area contributed by atoms with Gasteiger partial charge in [0.15, 0.2) is 0 Å². The van der Waals surface area contributed by atoms with Crippen LogP contribution in [0.5, 0.6) is 5.75 Å². The highest BCUT2D eigenvalue weighted by molar-refractivity contribution is 7.99. The van der Waals surface area contributed by atoms with E-state index in [0.717, 1.165) is 20.7 Å². The summed E-state index contributed by atoms with van der Waals surface area (Å²) in [6.45, 7) is 2.03. The molecule has 0 spiro atoms. The number of benzene rings is 2. The van der Waals surface area contributed by atoms with Gasteiger partial charge >= 0.3 is 5.63 Å². The molecule has 100 valence electrons. The molecule has 0 saturated heterocycles. The Balaban J connectivity index is 2.16. The van der Waals surface area contributed by atoms with Gasteiger partial charge in [-0.05, 0) is 30.7 Å². The van der Waals surface area contributed by atoms with Crippen molar-refractivity contribution in [3.63, 3.8) is 0 Å². The van der Waals surface area contributed by atoms with Crippen LogP contribution in [0.3, 0.4) is 0 Å². The van der Waals surface area contributed by atoms with Crippen LogP contribution in [0.2, 0.25) is 0 Å². The number of phenolic OH excluding ortho intramolecular Hbond substituents is 1. The SMILES string of the molecule is Cc1ccccc1Sc1cc(=O)oc2cc(O)ccc12. The van der Waals surface area contributed by atoms with Gasteiger partial charge in [-0.25, -0.2) is 4.79 Å². The van der Waals surface area contributed by atoms with E-state index >= 15 is 0 Å². The van der Waals surface area contributed by atoms with Gasteiger partial charge in [0.25, 0.3) is 0 Å². The second kappa shape index (κ2) is 5.06. The number of hydrogen-bond acceptors (Lipinski definition) is 4. The van der Waals surface area contributed by atoms with Gasteiger partial charge in [0, 0.05) is 27.3 Å². The molecule has 0 radical (unpaired) electrons. The Kier molecular flexibility index (Phi) is 3.24. The zero-order valence-electron chi connectivity index (χ0n) is 10.8. The summed E-state index contributed by atoms with van der Waals surface area (Å²) < 4.78 is 5.12. The molecule has 1 N–H and O–H groups in total. The summed E-state index contributed by atoms with van der Waals surface area (Å²) in [5.41, 5.74) is 1.13. The Morgan fingerprint density at radius 1 is 1.05 bits per heavy atom. The molecule has 4 heteroatoms. The third-order valence-electron chi connectivity index (χ3n) is 3.00. The van der Waals surface area contributed by atoms with Gasteiger partial charge in [-0.2, -0.15) is 0 Å². The van der Waals surface area contributed by atoms with E-state index in [1.807, 2.05) is 31.2 Å². The van der Waals surface area contributed by atoms with E-state index in [9.17, 15) is 9.90 Å². The minimum atomic E-state index is -0.417. The lowest BCUT2D eigenvalue weighted by Gasteiger charge is -2.07. The molecular weight excluding hydrogens is 272 g/mol. The van der Waals surface area contributed by atoms with Crippen molar-refractivity contribution < 1.29 is 9.52 Å². The number of aromatic hydroxyl groups is 1. The molecule has 0 bridgehead atoms. The summed E-state index contributed by atoms with van der Waals surface area (Å²) in [5, 5.41) is 10.3. The van der Waals surface area contributed by atoms with Crippen molar-refractivity contribution in [3.8, 4) is 5.75 Å². The van der Waals surface area contributed by atoms with E-state index in [1.165, 1.54) is 23.9 Å². The van der Waals surface area contributed by atoms with Gasteiger partial charge < -0.3 is 9.52 Å². The van der Waals surface area contributed by atoms with E-state index < -0.39 is 5.63 Å². The summed E-state index contributed by atoms with van der Waals surface area (Å²) in [6.07, 6.45) is 0. The molecule has 0 unspecified atom stereocenters. The lowest BCUT2D eigenvalue weighted by Crippen LogP contribution is -1.97. The van der Waals surface area contributed by atoms with E-state index in [0.29, 0.717) is 5.58 Å². The van der Waals surface area contributed by atoms with E-state index in [-0.39, 0.29) is 5.75 Å². The van der Waals surface area contributed by atoms with Gasteiger partial charge in [0.2, 0.25) is 0 Å². The van der Waals surface area contributed by atoms with Crippen molar-refractivity contribution in [3.05, 3.63) is 64.5 Å². The highest BCUT2D eigenvalue weighted by Crippen LogP contribution is 2.34. The van der Waals surface area contributed by atoms with Gasteiger partial charge in [-0.1, -0.05) is 30.0 Å². The largest absolute Gasteiger partial charge is 0.508 e. The van der Waals surface area contributed by atoms with Crippen LogP contribution in [0.4, 0.5) is 0 Å². The van der Waals surface area contributed by atoms with Crippen LogP contribution in [-0.2, 0) is 0 Å². The summed E-state index contributed by atoms with van der Waals surface area (Å²) in [6, 6.07) is 14.3. The lowest BCUT2D eigenvalue weighted by molar-refractivity contribution is 0.473. The normalized spacial score (nSPS) is 10.8. The fourth-order valence-corrected chi connectivity index (χ4v) is 3.04. The lowest BCUT2D eigenvalue weighted by atomic mass is 10.2. The highest BCUT2D eigenvalue weighted by Gasteiger charge is 2.09. The van der Waals surface area contributed by atoms with Crippen molar-refractivity contribution in [1.82, 2.24) is 0 Å². The molecule has 1 aromatic heterocycles. The molecule has 3 rings (SSSR count). The first-order valence-electron chi connectivity index (χ1n) is 6.14. The van der Waals surface area contributed by atoms with Crippen molar-refractivity contribution in [2.45, 2.75) is 16.7 Å². The first kappa shape index (κ1) is 12.8. The molecule has 0 aliphatic heterocycles. The molecule has 3 nitrogen and oxygen atoms in total. The van der Waals surface area contributed by atoms with Crippen LogP contribution in [0.15, 0.2) is 67.5 Å². The second-order valence-corrected chi connectivity index (χ2v) is 5.56. The Hall–Kier alpha value is -2.20. The summed E-state index contributed by atoms with van der Waals surface area (Å²) in [4.78, 5) is 13.5. The first-order chi connectivity index (χ1) is 9.63. The zero-order chi connectivity index (χ0) is 14.1. The number of hydrogen-bond donors (Lipinski definition) is 1. The molecule has 0 aliphatic carbocycles. The molecular formula is C16H12O3S. The number of phenols is 1. The Labute approximate surface area is 119 Å². The van der Waals surface area contributed by atoms with Gasteiger partial charge in [-0.3, -0.25) is 0 Å². The third kappa shape index (κ3) is 2.42. The predicted molar refractivity (Wildman–Crippen MR) is 79.5 cm³/mol. The topological polar surface area (TPSA) is 50.4 Å². The third-order valence-corrected chi connectivity index (χ3v) is 4.24. The minimum absolute atomic E-state index is 0.0821. The maximum Gasteiger partial charge on any atom is 0.337 e. The standard InChI is InChI=1S/C16H12O3S/c1-10-4-2-3-5-14(10)20-15-9-16(18)19-13-8-11(17)6-7-12(13)15/h2-9,17H,1H3. The number of rotatable bonds is 2. The molecule has 1 heterocycles. The molecule has 0 atom stereocenters. The smallest absolute Gasteiger partial charge is 0.337 e. The van der Waals surface area contributed by atoms with Crippen molar-refractivity contribution in [1.29, 1.82) is 0 Å². The average molecular weight is 284 g/mol. The van der Waals surface area contributed by atoms with E-state index in [2.05, 4.69) is 0 Å². The average Bonchev–Trinajstić information content (AvgIpc) is 2.40. The molecule has 0 fully saturated rings. The maximum atomic E-state index is 11.6. The summed E-state index contributed by atoms with van der Waals surface area (Å²) >= 11 is 1.52. The maximum absolute atomic E-state index is 11.6. The van der Waals surface area contributed by atoms with Gasteiger partial charge in [0.05, 0.1) is 0 Å². The monoisotopic (exact) mass is 284 g/mol. The van der Waals surface area contributed by atoms with Crippen LogP contribution in [0.25, 0.3) is 11.0 Å². The van der Waals surface area contributed by atoms with Gasteiger partial charge in [0.1, 0.15) is 11.3 Å². The number of aryl methyl sites for hydroxylation is 1. The summed E-state index contributed by atoms with van der Waals surface area (Å²) in [5.74, 6) is 0.0821. The quantitative estimate of drug-likeness (QED) is 0.724. The molecule has 20 heavy (non-hydrogen) atoms. The van der Waals surface area contributed by atoms with E-state index in [4.69, 9.17) is 4.42 Å². The van der Waals surface area contributed by atoms with Crippen LogP contribution >= 0.6 is 11.8 Å². The molecule has 0 amide bonds. The summed E-state index contributed by atoms with van der Waals surface area (Å²) in [7, 11) is 0. The fraction of sp³-hybridized carbons (Fsp3) is 0.0625. The Bertz CT molecular complexity index is 836. The zero-order valence-corrected chi connectivity index (χ0v) is 11.6. The van der Waals surface area contributed by atoms with Crippen molar-refractivity contribution in [2.75, 3.05) is 0 Å². The van der Waals surface area contributed by atoms with E-state index in [1.54, 1.807) is 12.1 Å². The fourth-order valence-electron chi connectivity index (χ4n) is 2.00. The minimum Gasteiger partial charge on any atom is -0.508 e.